The predicted octanol–water partition coefficient (Wildman–Crippen LogP) is 4.79. The van der Waals surface area contributed by atoms with Crippen LogP contribution < -0.4 is 4.74 Å². The Labute approximate surface area is 150 Å². The number of rotatable bonds is 6. The highest BCUT2D eigenvalue weighted by Crippen LogP contribution is 2.29. The van der Waals surface area contributed by atoms with Crippen LogP contribution in [0.1, 0.15) is 0 Å². The molecule has 6 heteroatoms. The van der Waals surface area contributed by atoms with Gasteiger partial charge in [0.25, 0.3) is 0 Å². The molecule has 3 rings (SSSR count). The summed E-state index contributed by atoms with van der Waals surface area (Å²) < 4.78 is 7.25. The third-order valence-electron chi connectivity index (χ3n) is 3.35. The Bertz CT molecular complexity index is 831. The molecule has 0 atom stereocenters. The number of aromatic nitrogens is 3. The summed E-state index contributed by atoms with van der Waals surface area (Å²) in [6.07, 6.45) is 0. The summed E-state index contributed by atoms with van der Waals surface area (Å²) in [7, 11) is 1.65. The van der Waals surface area contributed by atoms with Crippen molar-refractivity contribution in [2.24, 2.45) is 0 Å². The van der Waals surface area contributed by atoms with E-state index in [1.54, 1.807) is 7.11 Å². The van der Waals surface area contributed by atoms with Gasteiger partial charge >= 0.3 is 0 Å². The third-order valence-corrected chi connectivity index (χ3v) is 4.66. The fourth-order valence-electron chi connectivity index (χ4n) is 2.24. The first-order valence-corrected chi connectivity index (χ1v) is 8.66. The SMILES string of the molecule is C=C(Cl)CSc1nnc(-c2ccccc2)n1-c1ccc(OC)cc1. The molecule has 24 heavy (non-hydrogen) atoms. The first-order chi connectivity index (χ1) is 11.7. The second-order valence-electron chi connectivity index (χ2n) is 5.01. The highest BCUT2D eigenvalue weighted by Gasteiger charge is 2.16. The quantitative estimate of drug-likeness (QED) is 0.595. The Morgan fingerprint density at radius 3 is 2.46 bits per heavy atom. The van der Waals surface area contributed by atoms with E-state index in [2.05, 4.69) is 16.8 Å². The molecule has 1 aromatic heterocycles. The van der Waals surface area contributed by atoms with Gasteiger partial charge in [-0.05, 0) is 24.3 Å². The van der Waals surface area contributed by atoms with E-state index in [4.69, 9.17) is 16.3 Å². The van der Waals surface area contributed by atoms with Crippen molar-refractivity contribution in [3.05, 3.63) is 66.2 Å². The highest BCUT2D eigenvalue weighted by atomic mass is 35.5. The zero-order valence-corrected chi connectivity index (χ0v) is 14.7. The van der Waals surface area contributed by atoms with Crippen LogP contribution in [0.25, 0.3) is 17.1 Å². The minimum absolute atomic E-state index is 0.574. The normalized spacial score (nSPS) is 10.6. The van der Waals surface area contributed by atoms with Gasteiger partial charge in [0.2, 0.25) is 0 Å². The summed E-state index contributed by atoms with van der Waals surface area (Å²) in [6.45, 7) is 3.73. The number of nitrogens with zero attached hydrogens (tertiary/aromatic N) is 3. The number of methoxy groups -OCH3 is 1. The lowest BCUT2D eigenvalue weighted by atomic mass is 10.2. The molecule has 0 radical (unpaired) electrons. The maximum atomic E-state index is 5.90. The van der Waals surface area contributed by atoms with Crippen LogP contribution in [0.4, 0.5) is 0 Å². The highest BCUT2D eigenvalue weighted by molar-refractivity contribution is 7.99. The van der Waals surface area contributed by atoms with E-state index >= 15 is 0 Å². The lowest BCUT2D eigenvalue weighted by molar-refractivity contribution is 0.414. The molecule has 0 unspecified atom stereocenters. The smallest absolute Gasteiger partial charge is 0.196 e. The van der Waals surface area contributed by atoms with Crippen molar-refractivity contribution in [1.82, 2.24) is 14.8 Å². The van der Waals surface area contributed by atoms with Crippen molar-refractivity contribution in [2.45, 2.75) is 5.16 Å². The maximum absolute atomic E-state index is 5.90. The molecule has 4 nitrogen and oxygen atoms in total. The molecule has 0 N–H and O–H groups in total. The largest absolute Gasteiger partial charge is 0.497 e. The summed E-state index contributed by atoms with van der Waals surface area (Å²) in [5.74, 6) is 2.16. The van der Waals surface area contributed by atoms with E-state index in [9.17, 15) is 0 Å². The van der Waals surface area contributed by atoms with E-state index < -0.39 is 0 Å². The molecule has 0 fully saturated rings. The van der Waals surface area contributed by atoms with Gasteiger partial charge in [0.05, 0.1) is 7.11 Å². The molecule has 0 spiro atoms. The predicted molar refractivity (Wildman–Crippen MR) is 99.1 cm³/mol. The van der Waals surface area contributed by atoms with Crippen LogP contribution in [0.15, 0.2) is 71.4 Å². The van der Waals surface area contributed by atoms with Crippen LogP contribution in [-0.4, -0.2) is 27.6 Å². The summed E-state index contributed by atoms with van der Waals surface area (Å²) in [5.41, 5.74) is 1.96. The van der Waals surface area contributed by atoms with Gasteiger partial charge < -0.3 is 4.74 Å². The average molecular weight is 358 g/mol. The van der Waals surface area contributed by atoms with Crippen LogP contribution >= 0.6 is 23.4 Å². The van der Waals surface area contributed by atoms with Gasteiger partial charge in [0, 0.05) is 22.0 Å². The second kappa shape index (κ2) is 7.55. The standard InChI is InChI=1S/C18H16ClN3OS/c1-13(19)12-24-18-21-20-17(14-6-4-3-5-7-14)22(18)15-8-10-16(23-2)11-9-15/h3-11H,1,12H2,2H3. The van der Waals surface area contributed by atoms with Gasteiger partial charge in [-0.3, -0.25) is 4.57 Å². The molecule has 0 amide bonds. The van der Waals surface area contributed by atoms with Crippen LogP contribution in [0.5, 0.6) is 5.75 Å². The fraction of sp³-hybridized carbons (Fsp3) is 0.111. The van der Waals surface area contributed by atoms with E-state index in [1.165, 1.54) is 11.8 Å². The summed E-state index contributed by atoms with van der Waals surface area (Å²) in [6, 6.07) is 17.8. The van der Waals surface area contributed by atoms with Crippen LogP contribution in [0, 0.1) is 0 Å². The zero-order valence-electron chi connectivity index (χ0n) is 13.1. The number of hydrogen-bond acceptors (Lipinski definition) is 4. The van der Waals surface area contributed by atoms with Gasteiger partial charge in [-0.25, -0.2) is 0 Å². The number of thioether (sulfide) groups is 1. The van der Waals surface area contributed by atoms with Crippen LogP contribution in [-0.2, 0) is 0 Å². The molecular weight excluding hydrogens is 342 g/mol. The number of ether oxygens (including phenoxy) is 1. The molecule has 0 bridgehead atoms. The minimum atomic E-state index is 0.574. The first kappa shape index (κ1) is 16.6. The number of hydrogen-bond donors (Lipinski definition) is 0. The third kappa shape index (κ3) is 3.63. The Balaban J connectivity index is 2.08. The maximum Gasteiger partial charge on any atom is 0.196 e. The molecule has 0 saturated heterocycles. The van der Waals surface area contributed by atoms with Crippen molar-refractivity contribution < 1.29 is 4.74 Å². The Kier molecular flexibility index (Phi) is 5.23. The summed E-state index contributed by atoms with van der Waals surface area (Å²) >= 11 is 7.40. The molecule has 0 aliphatic heterocycles. The van der Waals surface area contributed by atoms with E-state index in [0.29, 0.717) is 10.8 Å². The van der Waals surface area contributed by atoms with E-state index in [-0.39, 0.29) is 0 Å². The van der Waals surface area contributed by atoms with Gasteiger partial charge in [0.15, 0.2) is 11.0 Å². The van der Waals surface area contributed by atoms with Crippen LogP contribution in [0.2, 0.25) is 0 Å². The second-order valence-corrected chi connectivity index (χ2v) is 6.49. The van der Waals surface area contributed by atoms with Gasteiger partial charge in [0.1, 0.15) is 5.75 Å². The van der Waals surface area contributed by atoms with Crippen molar-refractivity contribution in [3.63, 3.8) is 0 Å². The molecule has 0 aliphatic rings. The fourth-order valence-corrected chi connectivity index (χ4v) is 3.11. The molecule has 1 heterocycles. The molecule has 2 aromatic carbocycles. The molecule has 3 aromatic rings. The van der Waals surface area contributed by atoms with Gasteiger partial charge in [-0.2, -0.15) is 0 Å². The van der Waals surface area contributed by atoms with E-state index in [0.717, 1.165) is 28.0 Å². The van der Waals surface area contributed by atoms with Crippen molar-refractivity contribution >= 4 is 23.4 Å². The zero-order chi connectivity index (χ0) is 16.9. The van der Waals surface area contributed by atoms with Gasteiger partial charge in [-0.15, -0.1) is 10.2 Å². The molecule has 0 saturated carbocycles. The number of benzene rings is 2. The average Bonchev–Trinajstić information content (AvgIpc) is 3.04. The Hall–Kier alpha value is -2.24. The Morgan fingerprint density at radius 2 is 1.83 bits per heavy atom. The minimum Gasteiger partial charge on any atom is -0.497 e. The van der Waals surface area contributed by atoms with E-state index in [1.807, 2.05) is 59.2 Å². The summed E-state index contributed by atoms with van der Waals surface area (Å²) in [4.78, 5) is 0. The van der Waals surface area contributed by atoms with Crippen molar-refractivity contribution in [3.8, 4) is 22.8 Å². The molecule has 0 aliphatic carbocycles. The van der Waals surface area contributed by atoms with Crippen LogP contribution in [0.3, 0.4) is 0 Å². The number of halogens is 1. The van der Waals surface area contributed by atoms with Crippen molar-refractivity contribution in [2.75, 3.05) is 12.9 Å². The lowest BCUT2D eigenvalue weighted by Gasteiger charge is -2.11. The molecule has 122 valence electrons. The topological polar surface area (TPSA) is 39.9 Å². The van der Waals surface area contributed by atoms with Crippen molar-refractivity contribution in [1.29, 1.82) is 0 Å². The van der Waals surface area contributed by atoms with Gasteiger partial charge in [-0.1, -0.05) is 60.3 Å². The lowest BCUT2D eigenvalue weighted by Crippen LogP contribution is -2.00. The molecular formula is C18H16ClN3OS. The Morgan fingerprint density at radius 1 is 1.12 bits per heavy atom. The first-order valence-electron chi connectivity index (χ1n) is 7.30. The summed E-state index contributed by atoms with van der Waals surface area (Å²) in [5, 5.41) is 10.0. The monoisotopic (exact) mass is 357 g/mol.